The number of piperazine rings is 1. The minimum atomic E-state index is -0.516. The van der Waals surface area contributed by atoms with Gasteiger partial charge in [-0.25, -0.2) is 0 Å². The summed E-state index contributed by atoms with van der Waals surface area (Å²) in [4.78, 5) is 38.5. The number of rotatable bonds is 6. The van der Waals surface area contributed by atoms with Gasteiger partial charge in [-0.2, -0.15) is 5.26 Å². The normalized spacial score (nSPS) is 15.1. The van der Waals surface area contributed by atoms with Crippen LogP contribution < -0.4 is 5.32 Å². The highest BCUT2D eigenvalue weighted by atomic mass is 16.6. The Morgan fingerprint density at radius 1 is 1.33 bits per heavy atom. The molecular weight excluding hydrogens is 350 g/mol. The lowest BCUT2D eigenvalue weighted by Gasteiger charge is -2.34. The molecule has 1 aliphatic heterocycles. The van der Waals surface area contributed by atoms with E-state index in [4.69, 9.17) is 5.26 Å². The number of benzene rings is 1. The summed E-state index contributed by atoms with van der Waals surface area (Å²) in [6.45, 7) is 4.23. The van der Waals surface area contributed by atoms with E-state index in [0.29, 0.717) is 44.7 Å². The summed E-state index contributed by atoms with van der Waals surface area (Å²) in [6, 6.07) is 7.95. The number of hydrogen-bond donors (Lipinski definition) is 1. The van der Waals surface area contributed by atoms with E-state index < -0.39 is 10.8 Å². The Labute approximate surface area is 157 Å². The zero-order valence-electron chi connectivity index (χ0n) is 15.1. The molecule has 2 amide bonds. The lowest BCUT2D eigenvalue weighted by molar-refractivity contribution is -0.384. The summed E-state index contributed by atoms with van der Waals surface area (Å²) < 4.78 is 0. The molecule has 0 spiro atoms. The number of nitro groups is 1. The second-order valence-corrected chi connectivity index (χ2v) is 6.13. The predicted molar refractivity (Wildman–Crippen MR) is 98.1 cm³/mol. The Balaban J connectivity index is 2.15. The van der Waals surface area contributed by atoms with E-state index in [1.165, 1.54) is 31.2 Å². The molecule has 1 aliphatic rings. The third-order valence-corrected chi connectivity index (χ3v) is 4.13. The van der Waals surface area contributed by atoms with Crippen molar-refractivity contribution in [3.05, 3.63) is 45.6 Å². The lowest BCUT2D eigenvalue weighted by Crippen LogP contribution is -2.50. The first kappa shape index (κ1) is 20.1. The Hall–Kier alpha value is -3.25. The van der Waals surface area contributed by atoms with Crippen LogP contribution >= 0.6 is 0 Å². The van der Waals surface area contributed by atoms with Crippen LogP contribution in [0.5, 0.6) is 0 Å². The number of nitrogens with one attached hydrogen (secondary N) is 1. The number of nitrogens with zero attached hydrogens (tertiary/aromatic N) is 4. The number of non-ortho nitro benzene ring substituents is 1. The van der Waals surface area contributed by atoms with Gasteiger partial charge in [0.25, 0.3) is 11.6 Å². The highest BCUT2D eigenvalue weighted by Crippen LogP contribution is 2.16. The molecule has 0 aromatic heterocycles. The first-order chi connectivity index (χ1) is 12.9. The molecular formula is C18H21N5O4. The zero-order chi connectivity index (χ0) is 19.8. The molecule has 1 fully saturated rings. The Morgan fingerprint density at radius 2 is 2.04 bits per heavy atom. The summed E-state index contributed by atoms with van der Waals surface area (Å²) >= 11 is 0. The van der Waals surface area contributed by atoms with E-state index in [1.54, 1.807) is 11.0 Å². The molecule has 27 heavy (non-hydrogen) atoms. The van der Waals surface area contributed by atoms with Gasteiger partial charge in [0.1, 0.15) is 5.70 Å². The molecule has 0 saturated carbocycles. The third-order valence-electron chi connectivity index (χ3n) is 4.13. The van der Waals surface area contributed by atoms with Crippen LogP contribution in [-0.2, 0) is 9.59 Å². The van der Waals surface area contributed by atoms with Crippen LogP contribution in [0.25, 0.3) is 6.08 Å². The number of hydrogen-bond acceptors (Lipinski definition) is 6. The van der Waals surface area contributed by atoms with Crippen LogP contribution in [0, 0.1) is 21.4 Å². The SMILES string of the molecule is CC(=O)N/C(=C\c1cccc([N+](=O)[O-])c1)C(=O)N1CCN(CCC#N)CC1. The quantitative estimate of drug-likeness (QED) is 0.455. The van der Waals surface area contributed by atoms with Crippen LogP contribution in [-0.4, -0.2) is 59.3 Å². The van der Waals surface area contributed by atoms with Crippen LogP contribution in [0.1, 0.15) is 18.9 Å². The number of amides is 2. The molecule has 0 atom stereocenters. The molecule has 9 heteroatoms. The van der Waals surface area contributed by atoms with Crippen molar-refractivity contribution in [3.8, 4) is 6.07 Å². The van der Waals surface area contributed by atoms with Gasteiger partial charge in [0.15, 0.2) is 0 Å². The van der Waals surface area contributed by atoms with E-state index in [9.17, 15) is 19.7 Å². The molecule has 0 unspecified atom stereocenters. The van der Waals surface area contributed by atoms with Crippen molar-refractivity contribution in [3.63, 3.8) is 0 Å². The second-order valence-electron chi connectivity index (χ2n) is 6.13. The first-order valence-electron chi connectivity index (χ1n) is 8.53. The number of carbonyl (C=O) groups excluding carboxylic acids is 2. The highest BCUT2D eigenvalue weighted by Gasteiger charge is 2.24. The molecule has 0 bridgehead atoms. The summed E-state index contributed by atoms with van der Waals surface area (Å²) in [5, 5.41) is 22.1. The van der Waals surface area contributed by atoms with Gasteiger partial charge >= 0.3 is 0 Å². The molecule has 142 valence electrons. The van der Waals surface area contributed by atoms with Gasteiger partial charge in [-0.15, -0.1) is 0 Å². The van der Waals surface area contributed by atoms with Crippen LogP contribution in [0.2, 0.25) is 0 Å². The maximum absolute atomic E-state index is 12.8. The maximum atomic E-state index is 12.8. The van der Waals surface area contributed by atoms with E-state index >= 15 is 0 Å². The van der Waals surface area contributed by atoms with Crippen molar-refractivity contribution in [2.75, 3.05) is 32.7 Å². The fraction of sp³-hybridized carbons (Fsp3) is 0.389. The Bertz CT molecular complexity index is 791. The highest BCUT2D eigenvalue weighted by molar-refractivity contribution is 6.01. The van der Waals surface area contributed by atoms with Gasteiger partial charge in [0.2, 0.25) is 5.91 Å². The van der Waals surface area contributed by atoms with E-state index in [-0.39, 0.29) is 17.3 Å². The van der Waals surface area contributed by atoms with Crippen molar-refractivity contribution in [2.45, 2.75) is 13.3 Å². The van der Waals surface area contributed by atoms with Crippen molar-refractivity contribution in [1.29, 1.82) is 5.26 Å². The molecule has 2 rings (SSSR count). The second kappa shape index (κ2) is 9.45. The average molecular weight is 371 g/mol. The topological polar surface area (TPSA) is 120 Å². The molecule has 1 saturated heterocycles. The van der Waals surface area contributed by atoms with Crippen molar-refractivity contribution >= 4 is 23.6 Å². The van der Waals surface area contributed by atoms with E-state index in [2.05, 4.69) is 16.3 Å². The first-order valence-corrected chi connectivity index (χ1v) is 8.53. The van der Waals surface area contributed by atoms with Crippen molar-refractivity contribution in [1.82, 2.24) is 15.1 Å². The van der Waals surface area contributed by atoms with Crippen molar-refractivity contribution in [2.24, 2.45) is 0 Å². The molecule has 1 heterocycles. The average Bonchev–Trinajstić information content (AvgIpc) is 2.65. The van der Waals surface area contributed by atoms with E-state index in [1.807, 2.05) is 0 Å². The van der Waals surface area contributed by atoms with Gasteiger partial charge in [0, 0.05) is 58.2 Å². The van der Waals surface area contributed by atoms with Crippen LogP contribution in [0.3, 0.4) is 0 Å². The molecule has 1 N–H and O–H groups in total. The molecule has 0 aliphatic carbocycles. The monoisotopic (exact) mass is 371 g/mol. The number of nitro benzene ring substituents is 1. The Morgan fingerprint density at radius 3 is 2.63 bits per heavy atom. The fourth-order valence-corrected chi connectivity index (χ4v) is 2.79. The van der Waals surface area contributed by atoms with Crippen LogP contribution in [0.15, 0.2) is 30.0 Å². The van der Waals surface area contributed by atoms with E-state index in [0.717, 1.165) is 0 Å². The molecule has 1 aromatic rings. The van der Waals surface area contributed by atoms with Crippen LogP contribution in [0.4, 0.5) is 5.69 Å². The van der Waals surface area contributed by atoms with Gasteiger partial charge < -0.3 is 10.2 Å². The maximum Gasteiger partial charge on any atom is 0.270 e. The van der Waals surface area contributed by atoms with Gasteiger partial charge in [-0.1, -0.05) is 12.1 Å². The smallest absolute Gasteiger partial charge is 0.270 e. The lowest BCUT2D eigenvalue weighted by atomic mass is 10.1. The molecule has 1 aromatic carbocycles. The summed E-state index contributed by atoms with van der Waals surface area (Å²) in [5.74, 6) is -0.732. The third kappa shape index (κ3) is 5.90. The number of carbonyl (C=O) groups is 2. The minimum absolute atomic E-state index is 0.0773. The standard InChI is InChI=1S/C18H21N5O4/c1-14(24)20-17(13-15-4-2-5-16(12-15)23(26)27)18(25)22-10-8-21(9-11-22)7-3-6-19/h2,4-5,12-13H,3,7-11H2,1H3,(H,20,24)/b17-13-. The summed E-state index contributed by atoms with van der Waals surface area (Å²) in [6.07, 6.45) is 1.89. The van der Waals surface area contributed by atoms with Crippen molar-refractivity contribution < 1.29 is 14.5 Å². The van der Waals surface area contributed by atoms with Gasteiger partial charge in [0.05, 0.1) is 11.0 Å². The molecule has 9 nitrogen and oxygen atoms in total. The molecule has 0 radical (unpaired) electrons. The fourth-order valence-electron chi connectivity index (χ4n) is 2.79. The zero-order valence-corrected chi connectivity index (χ0v) is 15.1. The Kier molecular flexibility index (Phi) is 7.02. The largest absolute Gasteiger partial charge is 0.335 e. The van der Waals surface area contributed by atoms with Gasteiger partial charge in [-0.3, -0.25) is 24.6 Å². The van der Waals surface area contributed by atoms with Gasteiger partial charge in [-0.05, 0) is 11.6 Å². The summed E-state index contributed by atoms with van der Waals surface area (Å²) in [7, 11) is 0. The minimum Gasteiger partial charge on any atom is -0.335 e. The summed E-state index contributed by atoms with van der Waals surface area (Å²) in [5.41, 5.74) is 0.437. The predicted octanol–water partition coefficient (Wildman–Crippen LogP) is 1.13. The number of nitriles is 1.